The Morgan fingerprint density at radius 2 is 1.06 bits per heavy atom. The summed E-state index contributed by atoms with van der Waals surface area (Å²) in [5, 5.41) is 16.0. The van der Waals surface area contributed by atoms with Gasteiger partial charge >= 0.3 is 17.5 Å². The van der Waals surface area contributed by atoms with E-state index in [9.17, 15) is 16.4 Å². The summed E-state index contributed by atoms with van der Waals surface area (Å²) < 4.78 is 48.3. The fourth-order valence-corrected chi connectivity index (χ4v) is 2.55. The molecule has 0 aromatic heterocycles. The van der Waals surface area contributed by atoms with Gasteiger partial charge in [-0.1, -0.05) is 0 Å². The summed E-state index contributed by atoms with van der Waals surface area (Å²) >= 11 is 0. The van der Waals surface area contributed by atoms with Gasteiger partial charge in [-0.15, -0.1) is 0 Å². The average Bonchev–Trinajstić information content (AvgIpc) is 2.16. The molecule has 2 nitrogen and oxygen atoms in total. The second-order valence-electron chi connectivity index (χ2n) is 4.16. The zero-order valence-electron chi connectivity index (χ0n) is 10.6. The molecular weight excluding hydrogens is 280 g/mol. The molecule has 0 saturated carbocycles. The van der Waals surface area contributed by atoms with Crippen LogP contribution >= 0.6 is 0 Å². The van der Waals surface area contributed by atoms with E-state index in [0.29, 0.717) is 12.8 Å². The molecule has 0 saturated heterocycles. The second-order valence-corrected chi connectivity index (χ2v) is 9.44. The lowest BCUT2D eigenvalue weighted by Crippen LogP contribution is -2.14. The molecule has 0 spiro atoms. The van der Waals surface area contributed by atoms with E-state index in [0.717, 1.165) is 13.1 Å². The smallest absolute Gasteiger partial charge is 0.271 e. The standard InChI is InChI=1S/2C5H9F2NSi/c2*1-9(6,7)5-3-2-4-8/h2*2-3,5H2,1H3. The van der Waals surface area contributed by atoms with Gasteiger partial charge in [0, 0.05) is 12.8 Å². The van der Waals surface area contributed by atoms with E-state index in [1.165, 1.54) is 0 Å². The van der Waals surface area contributed by atoms with E-state index < -0.39 is 17.5 Å². The van der Waals surface area contributed by atoms with Gasteiger partial charge in [-0.05, 0) is 38.0 Å². The number of nitrogens with zero attached hydrogens (tertiary/aromatic N) is 2. The Labute approximate surface area is 108 Å². The van der Waals surface area contributed by atoms with Crippen LogP contribution in [0.15, 0.2) is 0 Å². The van der Waals surface area contributed by atoms with Gasteiger partial charge in [0.1, 0.15) is 0 Å². The Morgan fingerprint density at radius 1 is 0.778 bits per heavy atom. The van der Waals surface area contributed by atoms with Gasteiger partial charge in [-0.25, -0.2) is 0 Å². The highest BCUT2D eigenvalue weighted by Crippen LogP contribution is 2.16. The SMILES string of the molecule is C[Si](F)(F)CCCC#N.C[Si](F)(F)CCCC#N. The van der Waals surface area contributed by atoms with Crippen molar-refractivity contribution in [3.8, 4) is 12.1 Å². The lowest BCUT2D eigenvalue weighted by molar-refractivity contribution is 0.597. The van der Waals surface area contributed by atoms with Crippen molar-refractivity contribution in [1.82, 2.24) is 0 Å². The van der Waals surface area contributed by atoms with Gasteiger partial charge < -0.3 is 0 Å². The van der Waals surface area contributed by atoms with Gasteiger partial charge in [0.15, 0.2) is 0 Å². The molecule has 0 aliphatic rings. The number of hydrogen-bond acceptors (Lipinski definition) is 2. The van der Waals surface area contributed by atoms with Crippen LogP contribution in [-0.2, 0) is 0 Å². The number of nitriles is 2. The van der Waals surface area contributed by atoms with E-state index in [1.54, 1.807) is 0 Å². The maximum absolute atomic E-state index is 12.1. The van der Waals surface area contributed by atoms with Crippen LogP contribution in [0.1, 0.15) is 25.7 Å². The third-order valence-electron chi connectivity index (χ3n) is 1.81. The molecule has 104 valence electrons. The van der Waals surface area contributed by atoms with Gasteiger partial charge in [0.25, 0.3) is 0 Å². The first-order chi connectivity index (χ1) is 8.12. The minimum absolute atomic E-state index is 0.0411. The molecular formula is C10H18F4N2Si2. The molecule has 0 heterocycles. The first-order valence-corrected chi connectivity index (χ1v) is 10.5. The molecule has 0 aliphatic heterocycles. The van der Waals surface area contributed by atoms with Gasteiger partial charge in [0.05, 0.1) is 12.1 Å². The molecule has 0 rings (SSSR count). The molecule has 8 heteroatoms. The molecule has 0 radical (unpaired) electrons. The maximum atomic E-state index is 12.1. The molecule has 0 aliphatic carbocycles. The van der Waals surface area contributed by atoms with E-state index >= 15 is 0 Å². The van der Waals surface area contributed by atoms with E-state index in [-0.39, 0.29) is 24.9 Å². The molecule has 0 unspecified atom stereocenters. The quantitative estimate of drug-likeness (QED) is 0.311. The topological polar surface area (TPSA) is 47.6 Å². The van der Waals surface area contributed by atoms with Crippen molar-refractivity contribution in [2.75, 3.05) is 0 Å². The summed E-state index contributed by atoms with van der Waals surface area (Å²) in [6.07, 6.45) is 1.23. The molecule has 0 aromatic carbocycles. The third-order valence-corrected chi connectivity index (χ3v) is 4.27. The minimum atomic E-state index is -3.85. The summed E-state index contributed by atoms with van der Waals surface area (Å²) in [5.74, 6) is 0. The van der Waals surface area contributed by atoms with Crippen molar-refractivity contribution in [2.24, 2.45) is 0 Å². The number of halogens is 4. The van der Waals surface area contributed by atoms with Crippen molar-refractivity contribution < 1.29 is 16.4 Å². The Morgan fingerprint density at radius 3 is 1.22 bits per heavy atom. The van der Waals surface area contributed by atoms with Crippen molar-refractivity contribution in [2.45, 2.75) is 50.9 Å². The molecule has 0 N–H and O–H groups in total. The minimum Gasteiger partial charge on any atom is -0.271 e. The van der Waals surface area contributed by atoms with E-state index in [1.807, 2.05) is 12.1 Å². The third kappa shape index (κ3) is 24.4. The van der Waals surface area contributed by atoms with Crippen molar-refractivity contribution in [3.63, 3.8) is 0 Å². The summed E-state index contributed by atoms with van der Waals surface area (Å²) in [6, 6.07) is 3.58. The molecule has 0 amide bonds. The van der Waals surface area contributed by atoms with E-state index in [4.69, 9.17) is 10.5 Å². The van der Waals surface area contributed by atoms with Crippen LogP contribution in [0.4, 0.5) is 16.4 Å². The van der Waals surface area contributed by atoms with E-state index in [2.05, 4.69) is 0 Å². The van der Waals surface area contributed by atoms with Crippen molar-refractivity contribution >= 4 is 17.5 Å². The van der Waals surface area contributed by atoms with Crippen LogP contribution in [0.5, 0.6) is 0 Å². The maximum Gasteiger partial charge on any atom is 0.422 e. The predicted octanol–water partition coefficient (Wildman–Crippen LogP) is 4.60. The molecule has 0 bridgehead atoms. The summed E-state index contributed by atoms with van der Waals surface area (Å²) in [7, 11) is -7.69. The lowest BCUT2D eigenvalue weighted by atomic mass is 10.4. The van der Waals surface area contributed by atoms with Crippen LogP contribution < -0.4 is 0 Å². The zero-order chi connectivity index (χ0) is 14.7. The number of rotatable bonds is 6. The van der Waals surface area contributed by atoms with Crippen LogP contribution in [0.25, 0.3) is 0 Å². The summed E-state index contributed by atoms with van der Waals surface area (Å²) in [6.45, 7) is 2.01. The van der Waals surface area contributed by atoms with Crippen molar-refractivity contribution in [1.29, 1.82) is 10.5 Å². The van der Waals surface area contributed by atoms with Gasteiger partial charge in [0.2, 0.25) is 0 Å². The highest BCUT2D eigenvalue weighted by atomic mass is 28.4. The molecule has 18 heavy (non-hydrogen) atoms. The average molecular weight is 298 g/mol. The number of hydrogen-bond donors (Lipinski definition) is 0. The highest BCUT2D eigenvalue weighted by Gasteiger charge is 2.26. The largest absolute Gasteiger partial charge is 0.422 e. The van der Waals surface area contributed by atoms with Gasteiger partial charge in [-0.2, -0.15) is 10.5 Å². The second kappa shape index (κ2) is 10.1. The Hall–Kier alpha value is -0.866. The summed E-state index contributed by atoms with van der Waals surface area (Å²) in [4.78, 5) is 0. The fraction of sp³-hybridized carbons (Fsp3) is 0.800. The first-order valence-electron chi connectivity index (χ1n) is 5.62. The van der Waals surface area contributed by atoms with Gasteiger partial charge in [-0.3, -0.25) is 16.4 Å². The normalized spacial score (nSPS) is 10.9. The fourth-order valence-electron chi connectivity index (χ4n) is 0.956. The predicted molar refractivity (Wildman–Crippen MR) is 67.0 cm³/mol. The highest BCUT2D eigenvalue weighted by molar-refractivity contribution is 6.64. The molecule has 0 fully saturated rings. The van der Waals surface area contributed by atoms with Crippen LogP contribution in [0.3, 0.4) is 0 Å². The zero-order valence-corrected chi connectivity index (χ0v) is 12.6. The Kier molecular flexibility index (Phi) is 10.9. The van der Waals surface area contributed by atoms with Crippen molar-refractivity contribution in [3.05, 3.63) is 0 Å². The van der Waals surface area contributed by atoms with Crippen LogP contribution in [-0.4, -0.2) is 17.5 Å². The Bertz CT molecular complexity index is 256. The molecule has 0 atom stereocenters. The first kappa shape index (κ1) is 19.5. The number of unbranched alkanes of at least 4 members (excludes halogenated alkanes) is 2. The van der Waals surface area contributed by atoms with Crippen LogP contribution in [0.2, 0.25) is 25.2 Å². The lowest BCUT2D eigenvalue weighted by Gasteiger charge is -2.02. The Balaban J connectivity index is 0. The summed E-state index contributed by atoms with van der Waals surface area (Å²) in [5.41, 5.74) is 0. The van der Waals surface area contributed by atoms with Crippen LogP contribution in [0, 0.1) is 22.7 Å². The monoisotopic (exact) mass is 298 g/mol. The molecule has 0 aromatic rings.